The number of hydrogen-bond donors (Lipinski definition) is 1. The first-order valence-corrected chi connectivity index (χ1v) is 7.06. The SMILES string of the molecule is CN1CCN(C)C(C(O)c2ccc3ncccc3c2)C1. The molecule has 1 aliphatic heterocycles. The van der Waals surface area contributed by atoms with E-state index in [1.165, 1.54) is 0 Å². The lowest BCUT2D eigenvalue weighted by Crippen LogP contribution is -2.52. The largest absolute Gasteiger partial charge is 0.387 e. The van der Waals surface area contributed by atoms with Gasteiger partial charge in [0, 0.05) is 31.2 Å². The highest BCUT2D eigenvalue weighted by Gasteiger charge is 2.29. The van der Waals surface area contributed by atoms with Gasteiger partial charge in [0.25, 0.3) is 0 Å². The Kier molecular flexibility index (Phi) is 3.70. The molecule has 20 heavy (non-hydrogen) atoms. The van der Waals surface area contributed by atoms with Crippen molar-refractivity contribution in [2.75, 3.05) is 33.7 Å². The van der Waals surface area contributed by atoms with Gasteiger partial charge in [0.05, 0.1) is 17.7 Å². The topological polar surface area (TPSA) is 39.6 Å². The van der Waals surface area contributed by atoms with Gasteiger partial charge in [-0.2, -0.15) is 0 Å². The van der Waals surface area contributed by atoms with Crippen LogP contribution < -0.4 is 0 Å². The highest BCUT2D eigenvalue weighted by molar-refractivity contribution is 5.79. The Balaban J connectivity index is 1.89. The molecule has 0 saturated carbocycles. The van der Waals surface area contributed by atoms with Crippen molar-refractivity contribution in [3.05, 3.63) is 42.1 Å². The summed E-state index contributed by atoms with van der Waals surface area (Å²) in [4.78, 5) is 8.84. The maximum Gasteiger partial charge on any atom is 0.0957 e. The molecular weight excluding hydrogens is 250 g/mol. The maximum absolute atomic E-state index is 10.7. The second kappa shape index (κ2) is 5.48. The van der Waals surface area contributed by atoms with Crippen LogP contribution in [0.1, 0.15) is 11.7 Å². The van der Waals surface area contributed by atoms with E-state index in [9.17, 15) is 5.11 Å². The second-order valence-corrected chi connectivity index (χ2v) is 5.71. The summed E-state index contributed by atoms with van der Waals surface area (Å²) in [5, 5.41) is 11.8. The fourth-order valence-electron chi connectivity index (χ4n) is 2.89. The number of fused-ring (bicyclic) bond motifs is 1. The summed E-state index contributed by atoms with van der Waals surface area (Å²) in [6.07, 6.45) is 1.33. The second-order valence-electron chi connectivity index (χ2n) is 5.71. The van der Waals surface area contributed by atoms with E-state index in [4.69, 9.17) is 0 Å². The van der Waals surface area contributed by atoms with Crippen molar-refractivity contribution >= 4 is 10.9 Å². The van der Waals surface area contributed by atoms with Gasteiger partial charge in [-0.15, -0.1) is 0 Å². The maximum atomic E-state index is 10.7. The van der Waals surface area contributed by atoms with Crippen molar-refractivity contribution in [2.24, 2.45) is 0 Å². The fourth-order valence-corrected chi connectivity index (χ4v) is 2.89. The van der Waals surface area contributed by atoms with Crippen LogP contribution in [-0.4, -0.2) is 59.7 Å². The zero-order valence-electron chi connectivity index (χ0n) is 12.0. The lowest BCUT2D eigenvalue weighted by molar-refractivity contribution is 0.0139. The molecule has 0 radical (unpaired) electrons. The summed E-state index contributed by atoms with van der Waals surface area (Å²) in [6, 6.07) is 10.1. The summed E-state index contributed by atoms with van der Waals surface area (Å²) in [6.45, 7) is 2.94. The molecule has 1 aromatic heterocycles. The van der Waals surface area contributed by atoms with Crippen LogP contribution in [-0.2, 0) is 0 Å². The number of benzene rings is 1. The van der Waals surface area contributed by atoms with E-state index in [1.807, 2.05) is 24.3 Å². The molecular formula is C16H21N3O. The third-order valence-corrected chi connectivity index (χ3v) is 4.23. The third kappa shape index (κ3) is 2.54. The molecule has 2 aromatic rings. The molecule has 4 nitrogen and oxygen atoms in total. The van der Waals surface area contributed by atoms with E-state index in [-0.39, 0.29) is 6.04 Å². The quantitative estimate of drug-likeness (QED) is 0.899. The average molecular weight is 271 g/mol. The summed E-state index contributed by atoms with van der Waals surface area (Å²) < 4.78 is 0. The first kappa shape index (κ1) is 13.5. The molecule has 1 N–H and O–H groups in total. The van der Waals surface area contributed by atoms with Crippen LogP contribution in [0.5, 0.6) is 0 Å². The standard InChI is InChI=1S/C16H21N3O/c1-18-8-9-19(2)15(11-18)16(20)13-5-6-14-12(10-13)4-3-7-17-14/h3-7,10,15-16,20H,8-9,11H2,1-2H3. The van der Waals surface area contributed by atoms with Gasteiger partial charge >= 0.3 is 0 Å². The van der Waals surface area contributed by atoms with E-state index in [0.29, 0.717) is 0 Å². The van der Waals surface area contributed by atoms with Gasteiger partial charge < -0.3 is 10.0 Å². The van der Waals surface area contributed by atoms with Crippen LogP contribution in [0.2, 0.25) is 0 Å². The number of hydrogen-bond acceptors (Lipinski definition) is 4. The Hall–Kier alpha value is -1.49. The molecule has 0 amide bonds. The van der Waals surface area contributed by atoms with Crippen molar-refractivity contribution in [3.8, 4) is 0 Å². The lowest BCUT2D eigenvalue weighted by atomic mass is 9.98. The highest BCUT2D eigenvalue weighted by atomic mass is 16.3. The normalized spacial score (nSPS) is 23.1. The van der Waals surface area contributed by atoms with Crippen molar-refractivity contribution < 1.29 is 5.11 Å². The minimum Gasteiger partial charge on any atom is -0.387 e. The van der Waals surface area contributed by atoms with Crippen molar-refractivity contribution in [2.45, 2.75) is 12.1 Å². The van der Waals surface area contributed by atoms with Crippen LogP contribution in [0.15, 0.2) is 36.5 Å². The number of likely N-dealkylation sites (N-methyl/N-ethyl adjacent to an activating group) is 2. The summed E-state index contributed by atoms with van der Waals surface area (Å²) >= 11 is 0. The molecule has 0 aliphatic carbocycles. The molecule has 1 fully saturated rings. The summed E-state index contributed by atoms with van der Waals surface area (Å²) in [5.74, 6) is 0. The number of rotatable bonds is 2. The van der Waals surface area contributed by atoms with Crippen LogP contribution in [0.4, 0.5) is 0 Å². The van der Waals surface area contributed by atoms with Gasteiger partial charge in [0.15, 0.2) is 0 Å². The fraction of sp³-hybridized carbons (Fsp3) is 0.438. The van der Waals surface area contributed by atoms with E-state index in [2.05, 4.69) is 34.9 Å². The molecule has 0 spiro atoms. The third-order valence-electron chi connectivity index (χ3n) is 4.23. The number of nitrogens with zero attached hydrogens (tertiary/aromatic N) is 3. The van der Waals surface area contributed by atoms with Crippen LogP contribution in [0.3, 0.4) is 0 Å². The van der Waals surface area contributed by atoms with Gasteiger partial charge in [0.1, 0.15) is 0 Å². The van der Waals surface area contributed by atoms with E-state index < -0.39 is 6.10 Å². The Morgan fingerprint density at radius 2 is 2.10 bits per heavy atom. The van der Waals surface area contributed by atoms with Crippen LogP contribution in [0.25, 0.3) is 10.9 Å². The predicted molar refractivity (Wildman–Crippen MR) is 80.6 cm³/mol. The Morgan fingerprint density at radius 1 is 1.25 bits per heavy atom. The van der Waals surface area contributed by atoms with Crippen LogP contribution in [0, 0.1) is 0 Å². The molecule has 1 aromatic carbocycles. The number of aliphatic hydroxyl groups is 1. The predicted octanol–water partition coefficient (Wildman–Crippen LogP) is 1.51. The van der Waals surface area contributed by atoms with Crippen molar-refractivity contribution in [1.29, 1.82) is 0 Å². The van der Waals surface area contributed by atoms with E-state index >= 15 is 0 Å². The molecule has 2 unspecified atom stereocenters. The first-order chi connectivity index (χ1) is 9.65. The van der Waals surface area contributed by atoms with Crippen molar-refractivity contribution in [1.82, 2.24) is 14.8 Å². The minimum absolute atomic E-state index is 0.142. The van der Waals surface area contributed by atoms with Gasteiger partial charge in [0.2, 0.25) is 0 Å². The van der Waals surface area contributed by atoms with Gasteiger partial charge in [-0.25, -0.2) is 0 Å². The average Bonchev–Trinajstić information content (AvgIpc) is 2.48. The molecule has 2 heterocycles. The number of piperazine rings is 1. The van der Waals surface area contributed by atoms with E-state index in [1.54, 1.807) is 6.20 Å². The smallest absolute Gasteiger partial charge is 0.0957 e. The Labute approximate surface area is 119 Å². The first-order valence-electron chi connectivity index (χ1n) is 7.06. The zero-order chi connectivity index (χ0) is 14.1. The minimum atomic E-state index is -0.465. The number of aliphatic hydroxyl groups excluding tert-OH is 1. The van der Waals surface area contributed by atoms with Crippen molar-refractivity contribution in [3.63, 3.8) is 0 Å². The molecule has 2 atom stereocenters. The zero-order valence-corrected chi connectivity index (χ0v) is 12.0. The molecule has 0 bridgehead atoms. The monoisotopic (exact) mass is 271 g/mol. The Morgan fingerprint density at radius 3 is 2.95 bits per heavy atom. The molecule has 1 aliphatic rings. The highest BCUT2D eigenvalue weighted by Crippen LogP contribution is 2.25. The molecule has 106 valence electrons. The molecule has 3 rings (SSSR count). The summed E-state index contributed by atoms with van der Waals surface area (Å²) in [7, 11) is 4.19. The molecule has 4 heteroatoms. The number of aromatic nitrogens is 1. The Bertz CT molecular complexity index is 601. The van der Waals surface area contributed by atoms with Gasteiger partial charge in [-0.05, 0) is 37.9 Å². The lowest BCUT2D eigenvalue weighted by Gasteiger charge is -2.40. The van der Waals surface area contributed by atoms with Gasteiger partial charge in [-0.1, -0.05) is 12.1 Å². The molecule has 1 saturated heterocycles. The van der Waals surface area contributed by atoms with E-state index in [0.717, 1.165) is 36.1 Å². The number of pyridine rings is 1. The van der Waals surface area contributed by atoms with Crippen LogP contribution >= 0.6 is 0 Å². The van der Waals surface area contributed by atoms with Gasteiger partial charge in [-0.3, -0.25) is 9.88 Å². The summed E-state index contributed by atoms with van der Waals surface area (Å²) in [5.41, 5.74) is 1.94.